The number of aryl methyl sites for hydroxylation is 1. The molecule has 0 aliphatic heterocycles. The molecule has 0 unspecified atom stereocenters. The number of hydrogen-bond donors (Lipinski definition) is 0. The van der Waals surface area contributed by atoms with E-state index in [1.807, 2.05) is 60.3 Å². The van der Waals surface area contributed by atoms with Gasteiger partial charge in [-0.25, -0.2) is 4.57 Å². The summed E-state index contributed by atoms with van der Waals surface area (Å²) in [6.45, 7) is 0. The Kier molecular flexibility index (Phi) is 3.82. The molecule has 1 heterocycles. The van der Waals surface area contributed by atoms with Gasteiger partial charge in [0.25, 0.3) is 0 Å². The van der Waals surface area contributed by atoms with Crippen LogP contribution in [0.1, 0.15) is 11.3 Å². The zero-order valence-corrected chi connectivity index (χ0v) is 10.9. The Bertz CT molecular complexity index is 562. The van der Waals surface area contributed by atoms with Gasteiger partial charge in [-0.2, -0.15) is 0 Å². The van der Waals surface area contributed by atoms with E-state index in [-0.39, 0.29) is 0 Å². The van der Waals surface area contributed by atoms with Crippen molar-refractivity contribution >= 4 is 35.4 Å². The number of hydrogen-bond acceptors (Lipinski definition) is 0. The van der Waals surface area contributed by atoms with E-state index >= 15 is 0 Å². The molecule has 1 aromatic carbocycles. The van der Waals surface area contributed by atoms with Crippen molar-refractivity contribution in [3.8, 4) is 0 Å². The van der Waals surface area contributed by atoms with Gasteiger partial charge in [0.1, 0.15) is 7.05 Å². The van der Waals surface area contributed by atoms with Gasteiger partial charge in [-0.3, -0.25) is 0 Å². The summed E-state index contributed by atoms with van der Waals surface area (Å²) in [5.74, 6) is 0. The molecule has 0 fully saturated rings. The van der Waals surface area contributed by atoms with Crippen molar-refractivity contribution in [3.05, 3.63) is 63.9 Å². The first kappa shape index (κ1) is 12.2. The molecule has 0 bridgehead atoms. The van der Waals surface area contributed by atoms with Crippen LogP contribution in [0.5, 0.6) is 0 Å². The zero-order chi connectivity index (χ0) is 12.3. The second-order valence-corrected chi connectivity index (χ2v) is 4.56. The van der Waals surface area contributed by atoms with Crippen LogP contribution in [0.15, 0.2) is 42.6 Å². The van der Waals surface area contributed by atoms with Crippen LogP contribution in [0.3, 0.4) is 0 Å². The Labute approximate surface area is 111 Å². The summed E-state index contributed by atoms with van der Waals surface area (Å²) in [7, 11) is 2.01. The third kappa shape index (κ3) is 3.09. The Hall–Kier alpha value is -1.31. The van der Waals surface area contributed by atoms with Crippen LogP contribution in [0.4, 0.5) is 0 Å². The van der Waals surface area contributed by atoms with Crippen LogP contribution in [-0.4, -0.2) is 0 Å². The summed E-state index contributed by atoms with van der Waals surface area (Å²) in [4.78, 5) is 0. The largest absolute Gasteiger partial charge is 0.204 e. The van der Waals surface area contributed by atoms with E-state index in [1.54, 1.807) is 6.07 Å². The fraction of sp³-hybridized carbons (Fsp3) is 0.0714. The highest BCUT2D eigenvalue weighted by atomic mass is 35.5. The van der Waals surface area contributed by atoms with Crippen LogP contribution < -0.4 is 4.57 Å². The first-order valence-electron chi connectivity index (χ1n) is 5.24. The summed E-state index contributed by atoms with van der Waals surface area (Å²) in [6, 6.07) is 11.6. The molecule has 1 aromatic heterocycles. The quantitative estimate of drug-likeness (QED) is 0.723. The van der Waals surface area contributed by atoms with Gasteiger partial charge in [-0.05, 0) is 29.8 Å². The van der Waals surface area contributed by atoms with E-state index in [1.165, 1.54) is 0 Å². The fourth-order valence-corrected chi connectivity index (χ4v) is 1.81. The molecule has 0 atom stereocenters. The lowest BCUT2D eigenvalue weighted by Gasteiger charge is -1.97. The molecular weight excluding hydrogens is 253 g/mol. The van der Waals surface area contributed by atoms with Crippen molar-refractivity contribution in [2.45, 2.75) is 0 Å². The van der Waals surface area contributed by atoms with Crippen molar-refractivity contribution in [3.63, 3.8) is 0 Å². The molecule has 0 saturated heterocycles. The average molecular weight is 265 g/mol. The second kappa shape index (κ2) is 5.35. The molecule has 2 rings (SSSR count). The fourth-order valence-electron chi connectivity index (χ4n) is 1.51. The highest BCUT2D eigenvalue weighted by molar-refractivity contribution is 6.42. The van der Waals surface area contributed by atoms with Crippen LogP contribution >= 0.6 is 23.2 Å². The maximum absolute atomic E-state index is 5.96. The number of aromatic nitrogens is 1. The molecule has 0 saturated carbocycles. The number of pyridine rings is 1. The van der Waals surface area contributed by atoms with Gasteiger partial charge in [0, 0.05) is 18.2 Å². The molecule has 2 aromatic rings. The minimum Gasteiger partial charge on any atom is -0.202 e. The van der Waals surface area contributed by atoms with Crippen molar-refractivity contribution < 1.29 is 4.57 Å². The second-order valence-electron chi connectivity index (χ2n) is 3.74. The lowest BCUT2D eigenvalue weighted by atomic mass is 10.2. The maximum Gasteiger partial charge on any atom is 0.204 e. The predicted molar refractivity (Wildman–Crippen MR) is 73.0 cm³/mol. The predicted octanol–water partition coefficient (Wildman–Crippen LogP) is 3.99. The summed E-state index contributed by atoms with van der Waals surface area (Å²) >= 11 is 11.8. The van der Waals surface area contributed by atoms with Crippen molar-refractivity contribution in [2.75, 3.05) is 0 Å². The van der Waals surface area contributed by atoms with Gasteiger partial charge in [0.2, 0.25) is 5.69 Å². The Morgan fingerprint density at radius 1 is 1.00 bits per heavy atom. The Morgan fingerprint density at radius 2 is 1.82 bits per heavy atom. The molecule has 0 spiro atoms. The third-order valence-corrected chi connectivity index (χ3v) is 3.22. The Balaban J connectivity index is 2.26. The number of nitrogens with zero attached hydrogens (tertiary/aromatic N) is 1. The van der Waals surface area contributed by atoms with Gasteiger partial charge in [0.05, 0.1) is 10.0 Å². The van der Waals surface area contributed by atoms with Gasteiger partial charge >= 0.3 is 0 Å². The van der Waals surface area contributed by atoms with E-state index < -0.39 is 0 Å². The highest BCUT2D eigenvalue weighted by Gasteiger charge is 2.00. The van der Waals surface area contributed by atoms with Crippen LogP contribution in [0.25, 0.3) is 12.2 Å². The summed E-state index contributed by atoms with van der Waals surface area (Å²) in [6.07, 6.45) is 6.06. The third-order valence-electron chi connectivity index (χ3n) is 2.49. The topological polar surface area (TPSA) is 3.88 Å². The van der Waals surface area contributed by atoms with Gasteiger partial charge in [-0.15, -0.1) is 0 Å². The smallest absolute Gasteiger partial charge is 0.202 e. The minimum atomic E-state index is 0.575. The summed E-state index contributed by atoms with van der Waals surface area (Å²) in [5, 5.41) is 1.15. The summed E-state index contributed by atoms with van der Waals surface area (Å²) in [5.41, 5.74) is 2.15. The average Bonchev–Trinajstić information content (AvgIpc) is 2.32. The van der Waals surface area contributed by atoms with E-state index in [4.69, 9.17) is 23.2 Å². The van der Waals surface area contributed by atoms with Gasteiger partial charge < -0.3 is 0 Å². The zero-order valence-electron chi connectivity index (χ0n) is 9.40. The van der Waals surface area contributed by atoms with E-state index in [0.29, 0.717) is 10.0 Å². The first-order valence-corrected chi connectivity index (χ1v) is 6.00. The number of halogens is 2. The lowest BCUT2D eigenvalue weighted by molar-refractivity contribution is -0.673. The molecule has 3 heteroatoms. The van der Waals surface area contributed by atoms with Crippen LogP contribution in [0, 0.1) is 0 Å². The normalized spacial score (nSPS) is 11.0. The molecule has 0 N–H and O–H groups in total. The molecule has 1 nitrogen and oxygen atoms in total. The Morgan fingerprint density at radius 3 is 2.53 bits per heavy atom. The monoisotopic (exact) mass is 264 g/mol. The summed E-state index contributed by atoms with van der Waals surface area (Å²) < 4.78 is 2.05. The van der Waals surface area contributed by atoms with Crippen LogP contribution in [0.2, 0.25) is 10.0 Å². The van der Waals surface area contributed by atoms with Crippen LogP contribution in [-0.2, 0) is 7.05 Å². The highest BCUT2D eigenvalue weighted by Crippen LogP contribution is 2.23. The minimum absolute atomic E-state index is 0.575. The van der Waals surface area contributed by atoms with Crippen molar-refractivity contribution in [1.82, 2.24) is 0 Å². The first-order chi connectivity index (χ1) is 8.16. The molecule has 86 valence electrons. The number of benzene rings is 1. The molecular formula is C14H12Cl2N+. The van der Waals surface area contributed by atoms with Crippen molar-refractivity contribution in [1.29, 1.82) is 0 Å². The lowest BCUT2D eigenvalue weighted by Crippen LogP contribution is -2.30. The van der Waals surface area contributed by atoms with E-state index in [9.17, 15) is 0 Å². The number of rotatable bonds is 2. The maximum atomic E-state index is 5.96. The molecule has 0 aliphatic rings. The van der Waals surface area contributed by atoms with Gasteiger partial charge in [0.15, 0.2) is 6.20 Å². The van der Waals surface area contributed by atoms with Crippen molar-refractivity contribution in [2.24, 2.45) is 7.05 Å². The van der Waals surface area contributed by atoms with Gasteiger partial charge in [-0.1, -0.05) is 29.3 Å². The standard InChI is InChI=1S/C14H12Cl2N/c1-17-9-3-2-4-12(17)7-5-11-6-8-13(15)14(16)10-11/h2-10H,1H3/q+1/b7-5-. The molecule has 17 heavy (non-hydrogen) atoms. The molecule has 0 aliphatic carbocycles. The molecule has 0 radical (unpaired) electrons. The van der Waals surface area contributed by atoms with E-state index in [0.717, 1.165) is 11.3 Å². The van der Waals surface area contributed by atoms with E-state index in [2.05, 4.69) is 0 Å². The SMILES string of the molecule is C[n+]1ccccc1/C=C\c1ccc(Cl)c(Cl)c1. The molecule has 0 amide bonds.